The van der Waals surface area contributed by atoms with Crippen molar-refractivity contribution in [2.45, 2.75) is 6.92 Å². The van der Waals surface area contributed by atoms with Crippen molar-refractivity contribution in [3.05, 3.63) is 23.9 Å². The summed E-state index contributed by atoms with van der Waals surface area (Å²) in [6.45, 7) is 1.94. The van der Waals surface area contributed by atoms with Crippen molar-refractivity contribution in [2.24, 2.45) is 0 Å². The number of ether oxygens (including phenoxy) is 1. The summed E-state index contributed by atoms with van der Waals surface area (Å²) in [4.78, 5) is 0. The Balaban J connectivity index is 2.80. The fourth-order valence-electron chi connectivity index (χ4n) is 1.37. The van der Waals surface area contributed by atoms with Gasteiger partial charge in [0.25, 0.3) is 0 Å². The number of hydrogen-bond acceptors (Lipinski definition) is 4. The van der Waals surface area contributed by atoms with Crippen molar-refractivity contribution in [2.75, 3.05) is 7.11 Å². The third-order valence-electron chi connectivity index (χ3n) is 2.14. The molecule has 0 spiro atoms. The van der Waals surface area contributed by atoms with E-state index in [2.05, 4.69) is 10.2 Å². The van der Waals surface area contributed by atoms with E-state index in [1.54, 1.807) is 18.3 Å². The third-order valence-corrected chi connectivity index (χ3v) is 2.14. The minimum absolute atomic E-state index is 0.0832. The van der Waals surface area contributed by atoms with Crippen LogP contribution in [0.4, 0.5) is 0 Å². The van der Waals surface area contributed by atoms with E-state index in [0.717, 1.165) is 10.9 Å². The van der Waals surface area contributed by atoms with Gasteiger partial charge >= 0.3 is 0 Å². The molecule has 2 rings (SSSR count). The SMILES string of the molecule is COc1cc2c(C)cnnc2cc1O. The molecule has 0 saturated carbocycles. The Morgan fingerprint density at radius 2 is 2.14 bits per heavy atom. The number of nitrogens with zero attached hydrogens (tertiary/aromatic N) is 2. The van der Waals surface area contributed by atoms with E-state index >= 15 is 0 Å². The van der Waals surface area contributed by atoms with Crippen LogP contribution in [-0.2, 0) is 0 Å². The van der Waals surface area contributed by atoms with Gasteiger partial charge in [0.1, 0.15) is 0 Å². The first-order valence-electron chi connectivity index (χ1n) is 4.21. The van der Waals surface area contributed by atoms with E-state index in [0.29, 0.717) is 11.3 Å². The Bertz CT molecular complexity index is 483. The summed E-state index contributed by atoms with van der Waals surface area (Å²) >= 11 is 0. The molecule has 4 heteroatoms. The molecule has 0 unspecified atom stereocenters. The molecule has 2 aromatic rings. The molecular formula is C10H10N2O2. The Kier molecular flexibility index (Phi) is 1.96. The van der Waals surface area contributed by atoms with Gasteiger partial charge in [0.2, 0.25) is 0 Å². The summed E-state index contributed by atoms with van der Waals surface area (Å²) in [5.74, 6) is 0.536. The molecule has 72 valence electrons. The second kappa shape index (κ2) is 3.14. The van der Waals surface area contributed by atoms with E-state index in [-0.39, 0.29) is 5.75 Å². The van der Waals surface area contributed by atoms with Gasteiger partial charge in [0.15, 0.2) is 11.5 Å². The number of aromatic nitrogens is 2. The highest BCUT2D eigenvalue weighted by molar-refractivity contribution is 5.84. The number of phenolic OH excluding ortho intramolecular Hbond substituents is 1. The first-order valence-corrected chi connectivity index (χ1v) is 4.21. The van der Waals surface area contributed by atoms with Crippen LogP contribution in [0.5, 0.6) is 11.5 Å². The molecular weight excluding hydrogens is 180 g/mol. The maximum atomic E-state index is 9.51. The maximum Gasteiger partial charge on any atom is 0.161 e. The summed E-state index contributed by atoms with van der Waals surface area (Å²) in [7, 11) is 1.52. The van der Waals surface area contributed by atoms with Crippen molar-refractivity contribution >= 4 is 10.9 Å². The van der Waals surface area contributed by atoms with Gasteiger partial charge in [-0.3, -0.25) is 0 Å². The molecule has 0 bridgehead atoms. The molecule has 0 atom stereocenters. The van der Waals surface area contributed by atoms with E-state index in [4.69, 9.17) is 4.74 Å². The molecule has 0 aliphatic rings. The fraction of sp³-hybridized carbons (Fsp3) is 0.200. The highest BCUT2D eigenvalue weighted by Crippen LogP contribution is 2.30. The van der Waals surface area contributed by atoms with Gasteiger partial charge in [0.05, 0.1) is 18.8 Å². The number of methoxy groups -OCH3 is 1. The molecule has 1 aromatic carbocycles. The van der Waals surface area contributed by atoms with Gasteiger partial charge in [-0.25, -0.2) is 0 Å². The van der Waals surface area contributed by atoms with Crippen molar-refractivity contribution < 1.29 is 9.84 Å². The second-order valence-electron chi connectivity index (χ2n) is 3.07. The maximum absolute atomic E-state index is 9.51. The Morgan fingerprint density at radius 1 is 1.36 bits per heavy atom. The topological polar surface area (TPSA) is 55.2 Å². The lowest BCUT2D eigenvalue weighted by Gasteiger charge is -2.05. The highest BCUT2D eigenvalue weighted by atomic mass is 16.5. The van der Waals surface area contributed by atoms with Crippen molar-refractivity contribution in [1.29, 1.82) is 0 Å². The molecule has 0 aliphatic carbocycles. The van der Waals surface area contributed by atoms with Crippen LogP contribution in [0.3, 0.4) is 0 Å². The fourth-order valence-corrected chi connectivity index (χ4v) is 1.37. The molecule has 4 nitrogen and oxygen atoms in total. The quantitative estimate of drug-likeness (QED) is 0.742. The van der Waals surface area contributed by atoms with Crippen LogP contribution in [0.1, 0.15) is 5.56 Å². The van der Waals surface area contributed by atoms with Crippen LogP contribution in [0.25, 0.3) is 10.9 Å². The lowest BCUT2D eigenvalue weighted by Crippen LogP contribution is -1.89. The lowest BCUT2D eigenvalue weighted by molar-refractivity contribution is 0.374. The summed E-state index contributed by atoms with van der Waals surface area (Å²) in [5.41, 5.74) is 1.68. The molecule has 1 N–H and O–H groups in total. The minimum Gasteiger partial charge on any atom is -0.504 e. The average Bonchev–Trinajstić information content (AvgIpc) is 2.17. The molecule has 0 saturated heterocycles. The van der Waals surface area contributed by atoms with Crippen molar-refractivity contribution in [1.82, 2.24) is 10.2 Å². The van der Waals surface area contributed by atoms with Crippen LogP contribution in [0.2, 0.25) is 0 Å². The van der Waals surface area contributed by atoms with Crippen LogP contribution in [-0.4, -0.2) is 22.4 Å². The van der Waals surface area contributed by atoms with Gasteiger partial charge in [-0.05, 0) is 18.6 Å². The number of fused-ring (bicyclic) bond motifs is 1. The number of aryl methyl sites for hydroxylation is 1. The molecule has 0 radical (unpaired) electrons. The lowest BCUT2D eigenvalue weighted by atomic mass is 10.1. The molecule has 14 heavy (non-hydrogen) atoms. The van der Waals surface area contributed by atoms with Crippen LogP contribution in [0.15, 0.2) is 18.3 Å². The van der Waals surface area contributed by atoms with Gasteiger partial charge in [0, 0.05) is 11.5 Å². The summed E-state index contributed by atoms with van der Waals surface area (Å²) in [6, 6.07) is 3.31. The van der Waals surface area contributed by atoms with Crippen molar-refractivity contribution in [3.63, 3.8) is 0 Å². The average molecular weight is 190 g/mol. The first kappa shape index (κ1) is 8.74. The van der Waals surface area contributed by atoms with E-state index in [9.17, 15) is 5.11 Å². The molecule has 1 aromatic heterocycles. The molecule has 1 heterocycles. The van der Waals surface area contributed by atoms with Crippen LogP contribution >= 0.6 is 0 Å². The van der Waals surface area contributed by atoms with Crippen LogP contribution in [0, 0.1) is 6.92 Å². The number of phenols is 1. The number of hydrogen-bond donors (Lipinski definition) is 1. The number of aromatic hydroxyl groups is 1. The highest BCUT2D eigenvalue weighted by Gasteiger charge is 2.06. The van der Waals surface area contributed by atoms with E-state index in [1.807, 2.05) is 6.92 Å². The summed E-state index contributed by atoms with van der Waals surface area (Å²) in [5, 5.41) is 18.2. The molecule has 0 fully saturated rings. The predicted octanol–water partition coefficient (Wildman–Crippen LogP) is 1.65. The van der Waals surface area contributed by atoms with Crippen LogP contribution < -0.4 is 4.74 Å². The summed E-state index contributed by atoms with van der Waals surface area (Å²) in [6.07, 6.45) is 1.68. The Labute approximate surface area is 81.2 Å². The monoisotopic (exact) mass is 190 g/mol. The number of benzene rings is 1. The van der Waals surface area contributed by atoms with E-state index in [1.165, 1.54) is 7.11 Å². The minimum atomic E-state index is 0.0832. The zero-order valence-corrected chi connectivity index (χ0v) is 7.98. The smallest absolute Gasteiger partial charge is 0.161 e. The van der Waals surface area contributed by atoms with Gasteiger partial charge < -0.3 is 9.84 Å². The standard InChI is InChI=1S/C10H10N2O2/c1-6-5-11-12-8-4-9(13)10(14-2)3-7(6)8/h3-5,13H,1-2H3. The summed E-state index contributed by atoms with van der Waals surface area (Å²) < 4.78 is 5.01. The van der Waals surface area contributed by atoms with Gasteiger partial charge in [-0.2, -0.15) is 10.2 Å². The second-order valence-corrected chi connectivity index (χ2v) is 3.07. The van der Waals surface area contributed by atoms with Gasteiger partial charge in [-0.15, -0.1) is 0 Å². The first-order chi connectivity index (χ1) is 6.72. The Hall–Kier alpha value is -1.84. The van der Waals surface area contributed by atoms with Crippen molar-refractivity contribution in [3.8, 4) is 11.5 Å². The normalized spacial score (nSPS) is 10.4. The predicted molar refractivity (Wildman–Crippen MR) is 52.5 cm³/mol. The van der Waals surface area contributed by atoms with E-state index < -0.39 is 0 Å². The zero-order chi connectivity index (χ0) is 10.1. The zero-order valence-electron chi connectivity index (χ0n) is 7.98. The molecule has 0 aliphatic heterocycles. The largest absolute Gasteiger partial charge is 0.504 e. The van der Waals surface area contributed by atoms with Gasteiger partial charge in [-0.1, -0.05) is 0 Å². The third kappa shape index (κ3) is 1.25. The number of rotatable bonds is 1. The Morgan fingerprint density at radius 3 is 2.86 bits per heavy atom. The molecule has 0 amide bonds.